The summed E-state index contributed by atoms with van der Waals surface area (Å²) in [6, 6.07) is 48.3. The Morgan fingerprint density at radius 2 is 1.02 bits per heavy atom. The minimum absolute atomic E-state index is 0.164. The molecule has 0 bridgehead atoms. The third-order valence-electron chi connectivity index (χ3n) is 8.47. The van der Waals surface area contributed by atoms with Crippen LogP contribution in [0.5, 0.6) is 0 Å². The molecule has 6 rings (SSSR count). The van der Waals surface area contributed by atoms with Gasteiger partial charge in [-0.2, -0.15) is 8.42 Å². The van der Waals surface area contributed by atoms with E-state index >= 15 is 0 Å². The summed E-state index contributed by atoms with van der Waals surface area (Å²) in [4.78, 5) is 0. The number of rotatable bonds is 15. The van der Waals surface area contributed by atoms with Gasteiger partial charge in [-0.3, -0.25) is 4.18 Å². The van der Waals surface area contributed by atoms with Crippen LogP contribution >= 0.6 is 0 Å². The van der Waals surface area contributed by atoms with Crippen molar-refractivity contribution in [3.8, 4) is 0 Å². The second kappa shape index (κ2) is 16.0. The van der Waals surface area contributed by atoms with Crippen LogP contribution in [0.1, 0.15) is 27.8 Å². The van der Waals surface area contributed by atoms with E-state index in [1.54, 1.807) is 0 Å². The molecule has 0 saturated carbocycles. The first kappa shape index (κ1) is 34.7. The fourth-order valence-corrected chi connectivity index (χ4v) is 6.86. The molecule has 0 unspecified atom stereocenters. The van der Waals surface area contributed by atoms with Crippen LogP contribution in [0.25, 0.3) is 0 Å². The van der Waals surface area contributed by atoms with Crippen LogP contribution in [0.15, 0.2) is 152 Å². The third kappa shape index (κ3) is 8.52. The van der Waals surface area contributed by atoms with Crippen molar-refractivity contribution in [1.29, 1.82) is 0 Å². The third-order valence-corrected chi connectivity index (χ3v) is 9.06. The monoisotopic (exact) mass is 680 g/mol. The number of hydrogen-bond donors (Lipinski definition) is 1. The van der Waals surface area contributed by atoms with Gasteiger partial charge in [0.2, 0.25) is 0 Å². The normalized spacial score (nSPS) is 20.2. The van der Waals surface area contributed by atoms with Gasteiger partial charge >= 0.3 is 0 Å². The van der Waals surface area contributed by atoms with Crippen molar-refractivity contribution in [2.24, 2.45) is 0 Å². The second-order valence-corrected chi connectivity index (χ2v) is 13.5. The second-order valence-electron chi connectivity index (χ2n) is 11.9. The quantitative estimate of drug-likeness (QED) is 0.103. The molecule has 5 aromatic rings. The van der Waals surface area contributed by atoms with E-state index in [1.165, 1.54) is 0 Å². The smallest absolute Gasteiger partial charge is 0.264 e. The van der Waals surface area contributed by atoms with Crippen molar-refractivity contribution in [2.45, 2.75) is 49.5 Å². The minimum atomic E-state index is -4.04. The lowest BCUT2D eigenvalue weighted by Crippen LogP contribution is -2.47. The lowest BCUT2D eigenvalue weighted by atomic mass is 9.80. The maximum atomic E-state index is 12.8. The lowest BCUT2D eigenvalue weighted by molar-refractivity contribution is -0.163. The average Bonchev–Trinajstić information content (AvgIpc) is 3.45. The van der Waals surface area contributed by atoms with Gasteiger partial charge in [0, 0.05) is 0 Å². The van der Waals surface area contributed by atoms with Crippen LogP contribution in [0.4, 0.5) is 0 Å². The molecular formula is C40H40O8S. The molecule has 0 spiro atoms. The SMILES string of the molecule is CS(=O)(=O)O[C@H](COC(c1ccccc1)(c1ccccc1)c1ccccc1)[C@H]1O[C@H](O)[C@H](OCc2ccccc2)[C@H]1OCc1ccccc1. The largest absolute Gasteiger partial charge is 0.368 e. The maximum absolute atomic E-state index is 12.8. The number of hydrogen-bond acceptors (Lipinski definition) is 8. The van der Waals surface area contributed by atoms with Crippen molar-refractivity contribution in [1.82, 2.24) is 0 Å². The zero-order valence-corrected chi connectivity index (χ0v) is 28.0. The van der Waals surface area contributed by atoms with Crippen molar-refractivity contribution < 1.29 is 36.7 Å². The molecule has 1 aliphatic heterocycles. The fraction of sp³-hybridized carbons (Fsp3) is 0.250. The van der Waals surface area contributed by atoms with Gasteiger partial charge in [-0.15, -0.1) is 0 Å². The highest BCUT2D eigenvalue weighted by molar-refractivity contribution is 7.86. The first-order valence-electron chi connectivity index (χ1n) is 16.2. The summed E-state index contributed by atoms with van der Waals surface area (Å²) in [5.41, 5.74) is 3.11. The van der Waals surface area contributed by atoms with E-state index in [0.717, 1.165) is 34.1 Å². The van der Waals surface area contributed by atoms with Gasteiger partial charge in [-0.05, 0) is 27.8 Å². The molecule has 5 aromatic carbocycles. The predicted molar refractivity (Wildman–Crippen MR) is 186 cm³/mol. The highest BCUT2D eigenvalue weighted by atomic mass is 32.2. The molecule has 8 nitrogen and oxygen atoms in total. The van der Waals surface area contributed by atoms with E-state index in [-0.39, 0.29) is 19.8 Å². The molecule has 1 saturated heterocycles. The van der Waals surface area contributed by atoms with E-state index < -0.39 is 46.4 Å². The topological polar surface area (TPSA) is 101 Å². The van der Waals surface area contributed by atoms with E-state index in [4.69, 9.17) is 23.1 Å². The van der Waals surface area contributed by atoms with Crippen LogP contribution in [-0.4, -0.2) is 57.1 Å². The summed E-state index contributed by atoms with van der Waals surface area (Å²) in [6.45, 7) is 0.0918. The molecule has 0 aromatic heterocycles. The van der Waals surface area contributed by atoms with Crippen LogP contribution in [0.2, 0.25) is 0 Å². The molecular weight excluding hydrogens is 640 g/mol. The molecule has 0 radical (unpaired) electrons. The molecule has 0 amide bonds. The highest BCUT2D eigenvalue weighted by Crippen LogP contribution is 2.41. The van der Waals surface area contributed by atoms with Gasteiger partial charge in [0.25, 0.3) is 10.1 Å². The molecule has 49 heavy (non-hydrogen) atoms. The fourth-order valence-electron chi connectivity index (χ4n) is 6.24. The molecule has 0 aliphatic carbocycles. The van der Waals surface area contributed by atoms with Gasteiger partial charge < -0.3 is 24.1 Å². The van der Waals surface area contributed by atoms with Gasteiger partial charge in [0.05, 0.1) is 26.1 Å². The van der Waals surface area contributed by atoms with Crippen LogP contribution in [-0.2, 0) is 52.1 Å². The van der Waals surface area contributed by atoms with Crippen LogP contribution < -0.4 is 0 Å². The Hall–Kier alpha value is -4.19. The highest BCUT2D eigenvalue weighted by Gasteiger charge is 2.51. The Bertz CT molecular complexity index is 1730. The standard InChI is InChI=1S/C40H40O8S/c1-49(42,43)48-35(29-46-40(32-21-11-4-12-22-32,33-23-13-5-14-24-33)34-25-15-6-16-26-34)36-37(44-27-30-17-7-2-8-18-30)38(39(41)47-36)45-28-31-19-9-3-10-20-31/h2-26,35-39,41H,27-29H2,1H3/t35-,36-,37+,38-,39+/m1/s1. The van der Waals surface area contributed by atoms with Crippen molar-refractivity contribution in [3.05, 3.63) is 179 Å². The Balaban J connectivity index is 1.37. The minimum Gasteiger partial charge on any atom is -0.368 e. The molecule has 1 N–H and O–H groups in total. The first-order chi connectivity index (χ1) is 23.8. The summed E-state index contributed by atoms with van der Waals surface area (Å²) in [7, 11) is -4.04. The number of aliphatic hydroxyl groups excluding tert-OH is 1. The molecule has 9 heteroatoms. The lowest BCUT2D eigenvalue weighted by Gasteiger charge is -2.38. The number of ether oxygens (including phenoxy) is 4. The summed E-state index contributed by atoms with van der Waals surface area (Å²) in [6.07, 6.45) is -4.65. The Morgan fingerprint density at radius 1 is 0.633 bits per heavy atom. The molecule has 5 atom stereocenters. The van der Waals surface area contributed by atoms with Crippen LogP contribution in [0, 0.1) is 0 Å². The van der Waals surface area contributed by atoms with E-state index in [9.17, 15) is 13.5 Å². The Kier molecular flexibility index (Phi) is 11.3. The van der Waals surface area contributed by atoms with Gasteiger partial charge in [-0.1, -0.05) is 152 Å². The van der Waals surface area contributed by atoms with Crippen LogP contribution in [0.3, 0.4) is 0 Å². The van der Waals surface area contributed by atoms with Crippen molar-refractivity contribution in [3.63, 3.8) is 0 Å². The van der Waals surface area contributed by atoms with Gasteiger partial charge in [0.1, 0.15) is 30.0 Å². The Labute approximate surface area is 287 Å². The summed E-state index contributed by atoms with van der Waals surface area (Å²) in [5.74, 6) is 0. The van der Waals surface area contributed by atoms with Crippen molar-refractivity contribution in [2.75, 3.05) is 12.9 Å². The predicted octanol–water partition coefficient (Wildman–Crippen LogP) is 6.23. The van der Waals surface area contributed by atoms with Gasteiger partial charge in [0.15, 0.2) is 6.29 Å². The first-order valence-corrected chi connectivity index (χ1v) is 18.0. The summed E-state index contributed by atoms with van der Waals surface area (Å²) >= 11 is 0. The molecule has 1 heterocycles. The summed E-state index contributed by atoms with van der Waals surface area (Å²) < 4.78 is 57.1. The number of benzene rings is 5. The molecule has 1 aliphatic rings. The summed E-state index contributed by atoms with van der Waals surface area (Å²) in [5, 5.41) is 11.2. The molecule has 1 fully saturated rings. The average molecular weight is 681 g/mol. The zero-order valence-electron chi connectivity index (χ0n) is 27.2. The number of aliphatic hydroxyl groups is 1. The van der Waals surface area contributed by atoms with E-state index in [0.29, 0.717) is 0 Å². The Morgan fingerprint density at radius 3 is 1.43 bits per heavy atom. The van der Waals surface area contributed by atoms with Crippen molar-refractivity contribution >= 4 is 10.1 Å². The zero-order chi connectivity index (χ0) is 34.1. The maximum Gasteiger partial charge on any atom is 0.264 e. The van der Waals surface area contributed by atoms with Gasteiger partial charge in [-0.25, -0.2) is 0 Å². The van der Waals surface area contributed by atoms with E-state index in [1.807, 2.05) is 152 Å². The van der Waals surface area contributed by atoms with E-state index in [2.05, 4.69) is 0 Å². The molecule has 254 valence electrons.